The van der Waals surface area contributed by atoms with Crippen LogP contribution in [0.5, 0.6) is 0 Å². The van der Waals surface area contributed by atoms with Crippen molar-refractivity contribution in [3.05, 3.63) is 60.3 Å². The molecule has 0 amide bonds. The van der Waals surface area contributed by atoms with Crippen LogP contribution in [-0.2, 0) is 14.3 Å². The predicted molar refractivity (Wildman–Crippen MR) is 96.5 cm³/mol. The highest BCUT2D eigenvalue weighted by Crippen LogP contribution is 2.24. The monoisotopic (exact) mass is 350 g/mol. The molecule has 0 saturated carbocycles. The molecular formula is C20H18N2O4. The minimum absolute atomic E-state index is 0.328. The fourth-order valence-electron chi connectivity index (χ4n) is 2.61. The van der Waals surface area contributed by atoms with E-state index >= 15 is 0 Å². The lowest BCUT2D eigenvalue weighted by Crippen LogP contribution is -2.27. The zero-order valence-electron chi connectivity index (χ0n) is 14.5. The molecule has 0 fully saturated rings. The highest BCUT2D eigenvalue weighted by Gasteiger charge is 2.24. The van der Waals surface area contributed by atoms with Crippen molar-refractivity contribution in [2.75, 3.05) is 7.11 Å². The minimum atomic E-state index is -0.947. The molecule has 2 aromatic heterocycles. The van der Waals surface area contributed by atoms with Crippen LogP contribution in [-0.4, -0.2) is 35.1 Å². The molecule has 0 aliphatic carbocycles. The average Bonchev–Trinajstić information content (AvgIpc) is 2.71. The average molecular weight is 350 g/mol. The van der Waals surface area contributed by atoms with E-state index in [1.807, 2.05) is 36.4 Å². The van der Waals surface area contributed by atoms with Crippen LogP contribution >= 0.6 is 0 Å². The van der Waals surface area contributed by atoms with Crippen LogP contribution in [0.4, 0.5) is 0 Å². The Morgan fingerprint density at radius 3 is 2.54 bits per heavy atom. The summed E-state index contributed by atoms with van der Waals surface area (Å²) in [6.07, 6.45) is 1.04. The third-order valence-electron chi connectivity index (χ3n) is 3.95. The van der Waals surface area contributed by atoms with E-state index in [9.17, 15) is 9.59 Å². The molecule has 26 heavy (non-hydrogen) atoms. The zero-order valence-corrected chi connectivity index (χ0v) is 14.5. The molecule has 1 atom stereocenters. The van der Waals surface area contributed by atoms with Gasteiger partial charge in [-0.1, -0.05) is 31.2 Å². The Bertz CT molecular complexity index is 941. The Morgan fingerprint density at radius 2 is 1.85 bits per heavy atom. The Hall–Kier alpha value is -3.28. The number of hydrogen-bond acceptors (Lipinski definition) is 6. The lowest BCUT2D eigenvalue weighted by molar-refractivity contribution is -0.151. The van der Waals surface area contributed by atoms with Crippen LogP contribution in [0.1, 0.15) is 23.7 Å². The summed E-state index contributed by atoms with van der Waals surface area (Å²) in [6, 6.07) is 14.4. The molecule has 1 aromatic carbocycles. The molecule has 0 saturated heterocycles. The molecule has 0 spiro atoms. The molecule has 0 unspecified atom stereocenters. The van der Waals surface area contributed by atoms with Crippen molar-refractivity contribution < 1.29 is 19.1 Å². The van der Waals surface area contributed by atoms with Gasteiger partial charge in [0.15, 0.2) is 6.10 Å². The van der Waals surface area contributed by atoms with Crippen LogP contribution in [0, 0.1) is 0 Å². The minimum Gasteiger partial charge on any atom is -0.466 e. The van der Waals surface area contributed by atoms with E-state index in [0.717, 1.165) is 0 Å². The maximum absolute atomic E-state index is 12.8. The number of ether oxygens (including phenoxy) is 2. The molecule has 0 aliphatic rings. The number of aromatic nitrogens is 2. The molecule has 6 nitrogen and oxygen atoms in total. The van der Waals surface area contributed by atoms with E-state index in [-0.39, 0.29) is 0 Å². The van der Waals surface area contributed by atoms with Crippen molar-refractivity contribution in [1.29, 1.82) is 0 Å². The number of carbonyl (C=O) groups excluding carboxylic acids is 2. The number of esters is 2. The smallest absolute Gasteiger partial charge is 0.347 e. The highest BCUT2D eigenvalue weighted by molar-refractivity contribution is 6.05. The summed E-state index contributed by atoms with van der Waals surface area (Å²) < 4.78 is 10.1. The van der Waals surface area contributed by atoms with Gasteiger partial charge in [0.05, 0.1) is 29.6 Å². The molecule has 0 radical (unpaired) electrons. The molecule has 3 aromatic rings. The van der Waals surface area contributed by atoms with Crippen molar-refractivity contribution in [1.82, 2.24) is 9.97 Å². The topological polar surface area (TPSA) is 78.4 Å². The Morgan fingerprint density at radius 1 is 1.08 bits per heavy atom. The van der Waals surface area contributed by atoms with Gasteiger partial charge < -0.3 is 9.47 Å². The number of nitrogens with zero attached hydrogens (tertiary/aromatic N) is 2. The SMILES string of the molecule is CC[C@@H](OC(=O)c1cc(-c2ccccn2)nc2ccccc12)C(=O)OC. The summed E-state index contributed by atoms with van der Waals surface area (Å²) in [7, 11) is 1.26. The summed E-state index contributed by atoms with van der Waals surface area (Å²) in [5.74, 6) is -1.18. The first-order valence-corrected chi connectivity index (χ1v) is 8.24. The molecule has 0 N–H and O–H groups in total. The van der Waals surface area contributed by atoms with E-state index in [1.165, 1.54) is 7.11 Å². The molecule has 2 heterocycles. The summed E-state index contributed by atoms with van der Waals surface area (Å²) in [4.78, 5) is 33.4. The Labute approximate surface area is 150 Å². The molecule has 132 valence electrons. The van der Waals surface area contributed by atoms with Crippen molar-refractivity contribution in [2.45, 2.75) is 19.4 Å². The number of benzene rings is 1. The number of rotatable bonds is 5. The maximum atomic E-state index is 12.8. The molecule has 0 aliphatic heterocycles. The summed E-state index contributed by atoms with van der Waals surface area (Å²) >= 11 is 0. The summed E-state index contributed by atoms with van der Waals surface area (Å²) in [5.41, 5.74) is 2.18. The van der Waals surface area contributed by atoms with Gasteiger partial charge in [-0.25, -0.2) is 14.6 Å². The number of methoxy groups -OCH3 is 1. The van der Waals surface area contributed by atoms with Crippen LogP contribution in [0.2, 0.25) is 0 Å². The van der Waals surface area contributed by atoms with Gasteiger partial charge in [0.2, 0.25) is 0 Å². The first kappa shape index (κ1) is 17.5. The lowest BCUT2D eigenvalue weighted by Gasteiger charge is -2.15. The maximum Gasteiger partial charge on any atom is 0.347 e. The summed E-state index contributed by atoms with van der Waals surface area (Å²) in [6.45, 7) is 1.75. The van der Waals surface area contributed by atoms with Gasteiger partial charge in [-0.2, -0.15) is 0 Å². The van der Waals surface area contributed by atoms with Crippen molar-refractivity contribution in [3.8, 4) is 11.4 Å². The van der Waals surface area contributed by atoms with E-state index in [0.29, 0.717) is 34.3 Å². The number of para-hydroxylation sites is 1. The molecule has 6 heteroatoms. The van der Waals surface area contributed by atoms with Crippen LogP contribution in [0.3, 0.4) is 0 Å². The number of carbonyl (C=O) groups is 2. The first-order chi connectivity index (χ1) is 12.6. The second-order valence-electron chi connectivity index (χ2n) is 5.61. The van der Waals surface area contributed by atoms with E-state index in [2.05, 4.69) is 14.7 Å². The van der Waals surface area contributed by atoms with Crippen LogP contribution < -0.4 is 0 Å². The van der Waals surface area contributed by atoms with Crippen molar-refractivity contribution in [3.63, 3.8) is 0 Å². The fourth-order valence-corrected chi connectivity index (χ4v) is 2.61. The fraction of sp³-hybridized carbons (Fsp3) is 0.200. The van der Waals surface area contributed by atoms with Gasteiger partial charge in [0.1, 0.15) is 0 Å². The first-order valence-electron chi connectivity index (χ1n) is 8.24. The largest absolute Gasteiger partial charge is 0.466 e. The lowest BCUT2D eigenvalue weighted by atomic mass is 10.1. The van der Waals surface area contributed by atoms with Crippen LogP contribution in [0.15, 0.2) is 54.7 Å². The van der Waals surface area contributed by atoms with E-state index < -0.39 is 18.0 Å². The van der Waals surface area contributed by atoms with Crippen molar-refractivity contribution in [2.24, 2.45) is 0 Å². The third-order valence-corrected chi connectivity index (χ3v) is 3.95. The van der Waals surface area contributed by atoms with Gasteiger partial charge in [0.25, 0.3) is 0 Å². The molecular weight excluding hydrogens is 332 g/mol. The van der Waals surface area contributed by atoms with Gasteiger partial charge >= 0.3 is 11.9 Å². The Kier molecular flexibility index (Phi) is 5.22. The normalized spacial score (nSPS) is 11.8. The van der Waals surface area contributed by atoms with Gasteiger partial charge in [0, 0.05) is 11.6 Å². The summed E-state index contributed by atoms with van der Waals surface area (Å²) in [5, 5.41) is 0.650. The quantitative estimate of drug-likeness (QED) is 0.656. The number of pyridine rings is 2. The van der Waals surface area contributed by atoms with Gasteiger partial charge in [-0.05, 0) is 30.7 Å². The van der Waals surface area contributed by atoms with E-state index in [1.54, 1.807) is 25.3 Å². The number of hydrogen-bond donors (Lipinski definition) is 0. The predicted octanol–water partition coefficient (Wildman–Crippen LogP) is 3.41. The van der Waals surface area contributed by atoms with E-state index in [4.69, 9.17) is 4.74 Å². The van der Waals surface area contributed by atoms with Gasteiger partial charge in [-0.15, -0.1) is 0 Å². The van der Waals surface area contributed by atoms with Crippen LogP contribution in [0.25, 0.3) is 22.3 Å². The number of fused-ring (bicyclic) bond motifs is 1. The third kappa shape index (κ3) is 3.54. The van der Waals surface area contributed by atoms with Gasteiger partial charge in [-0.3, -0.25) is 4.98 Å². The standard InChI is InChI=1S/C20H18N2O4/c1-3-18(20(24)25-2)26-19(23)14-12-17(16-10-6-7-11-21-16)22-15-9-5-4-8-13(14)15/h4-12,18H,3H2,1-2H3/t18-/m1/s1. The second kappa shape index (κ2) is 7.74. The zero-order chi connectivity index (χ0) is 18.5. The van der Waals surface area contributed by atoms with Crippen molar-refractivity contribution >= 4 is 22.8 Å². The second-order valence-corrected chi connectivity index (χ2v) is 5.61. The highest BCUT2D eigenvalue weighted by atomic mass is 16.6. The molecule has 0 bridgehead atoms. The Balaban J connectivity index is 2.06. The molecule has 3 rings (SSSR count).